The van der Waals surface area contributed by atoms with E-state index in [0.29, 0.717) is 5.56 Å². The maximum atomic E-state index is 12.8. The smallest absolute Gasteiger partial charge is 0.273 e. The van der Waals surface area contributed by atoms with E-state index in [2.05, 4.69) is 4.72 Å². The highest BCUT2D eigenvalue weighted by Gasteiger charge is 2.22. The van der Waals surface area contributed by atoms with Crippen LogP contribution in [0.1, 0.15) is 5.56 Å². The molecule has 0 aliphatic carbocycles. The first kappa shape index (κ1) is 16.8. The molecule has 2 aromatic carbocycles. The number of hydrogen-bond acceptors (Lipinski definition) is 5. The average molecular weight is 340 g/mol. The van der Waals surface area contributed by atoms with Gasteiger partial charge < -0.3 is 4.74 Å². The van der Waals surface area contributed by atoms with E-state index >= 15 is 0 Å². The fraction of sp³-hybridized carbons (Fsp3) is 0.143. The first-order valence-electron chi connectivity index (χ1n) is 6.40. The Labute approximate surface area is 131 Å². The predicted molar refractivity (Wildman–Crippen MR) is 80.1 cm³/mol. The molecule has 2 aromatic rings. The van der Waals surface area contributed by atoms with Gasteiger partial charge in [0.05, 0.1) is 18.1 Å². The molecule has 7 nitrogen and oxygen atoms in total. The molecule has 0 atom stereocenters. The summed E-state index contributed by atoms with van der Waals surface area (Å²) < 4.78 is 44.7. The molecule has 0 amide bonds. The number of non-ortho nitro benzene ring substituents is 1. The molecule has 2 rings (SSSR count). The summed E-state index contributed by atoms with van der Waals surface area (Å²) >= 11 is 0. The number of halogens is 1. The number of nitrogens with zero attached hydrogens (tertiary/aromatic N) is 1. The second-order valence-electron chi connectivity index (χ2n) is 4.54. The van der Waals surface area contributed by atoms with Gasteiger partial charge in [-0.05, 0) is 23.8 Å². The van der Waals surface area contributed by atoms with E-state index in [1.807, 2.05) is 0 Å². The molecule has 0 saturated heterocycles. The molecule has 1 N–H and O–H groups in total. The molecule has 23 heavy (non-hydrogen) atoms. The fourth-order valence-corrected chi connectivity index (χ4v) is 3.02. The van der Waals surface area contributed by atoms with Gasteiger partial charge in [0.2, 0.25) is 10.0 Å². The Balaban J connectivity index is 2.25. The summed E-state index contributed by atoms with van der Waals surface area (Å²) in [6.45, 7) is -0.0528. The molecular weight excluding hydrogens is 327 g/mol. The van der Waals surface area contributed by atoms with Crippen LogP contribution in [0.4, 0.5) is 10.1 Å². The minimum Gasteiger partial charge on any atom is -0.495 e. The summed E-state index contributed by atoms with van der Waals surface area (Å²) in [5.74, 6) is -0.556. The summed E-state index contributed by atoms with van der Waals surface area (Å²) in [5, 5.41) is 10.7. The van der Waals surface area contributed by atoms with Crippen molar-refractivity contribution in [2.24, 2.45) is 0 Å². The van der Waals surface area contributed by atoms with Gasteiger partial charge in [-0.3, -0.25) is 10.1 Å². The van der Waals surface area contributed by atoms with Crippen molar-refractivity contribution in [3.05, 3.63) is 64.0 Å². The van der Waals surface area contributed by atoms with Crippen molar-refractivity contribution in [2.45, 2.75) is 11.4 Å². The molecule has 9 heteroatoms. The minimum absolute atomic E-state index is 0.0528. The van der Waals surface area contributed by atoms with Gasteiger partial charge in [-0.2, -0.15) is 0 Å². The lowest BCUT2D eigenvalue weighted by atomic mass is 10.2. The van der Waals surface area contributed by atoms with Crippen molar-refractivity contribution in [3.8, 4) is 5.75 Å². The number of nitro benzene ring substituents is 1. The number of nitro groups is 1. The number of ether oxygens (including phenoxy) is 1. The van der Waals surface area contributed by atoms with Crippen LogP contribution in [0.3, 0.4) is 0 Å². The predicted octanol–water partition coefficient (Wildman–Crippen LogP) is 2.22. The normalized spacial score (nSPS) is 11.2. The minimum atomic E-state index is -3.95. The monoisotopic (exact) mass is 340 g/mol. The maximum Gasteiger partial charge on any atom is 0.273 e. The number of benzene rings is 2. The van der Waals surface area contributed by atoms with Gasteiger partial charge in [0.15, 0.2) is 0 Å². The standard InChI is InChI=1S/C14H13FN2O5S/c1-22-13-8-12(17(18)19)6-7-14(13)23(20,21)16-9-10-2-4-11(15)5-3-10/h2-8,16H,9H2,1H3. The Bertz CT molecular complexity index is 822. The van der Waals surface area contributed by atoms with Crippen molar-refractivity contribution in [1.82, 2.24) is 4.72 Å². The SMILES string of the molecule is COc1cc([N+](=O)[O-])ccc1S(=O)(=O)NCc1ccc(F)cc1. The first-order chi connectivity index (χ1) is 10.8. The zero-order chi connectivity index (χ0) is 17.0. The zero-order valence-corrected chi connectivity index (χ0v) is 12.8. The third-order valence-corrected chi connectivity index (χ3v) is 4.47. The highest BCUT2D eigenvalue weighted by atomic mass is 32.2. The van der Waals surface area contributed by atoms with Crippen LogP contribution < -0.4 is 9.46 Å². The third-order valence-electron chi connectivity index (χ3n) is 3.03. The molecule has 0 radical (unpaired) electrons. The Kier molecular flexibility index (Phi) is 4.92. The molecule has 0 bridgehead atoms. The molecule has 0 heterocycles. The number of methoxy groups -OCH3 is 1. The lowest BCUT2D eigenvalue weighted by molar-refractivity contribution is -0.385. The molecule has 122 valence electrons. The van der Waals surface area contributed by atoms with Crippen molar-refractivity contribution in [1.29, 1.82) is 0 Å². The van der Waals surface area contributed by atoms with E-state index in [1.165, 1.54) is 31.4 Å². The highest BCUT2D eigenvalue weighted by Crippen LogP contribution is 2.28. The Morgan fingerprint density at radius 1 is 1.22 bits per heavy atom. The van der Waals surface area contributed by atoms with Crippen molar-refractivity contribution < 1.29 is 22.5 Å². The maximum absolute atomic E-state index is 12.8. The first-order valence-corrected chi connectivity index (χ1v) is 7.88. The largest absolute Gasteiger partial charge is 0.495 e. The van der Waals surface area contributed by atoms with E-state index in [4.69, 9.17) is 4.74 Å². The van der Waals surface area contributed by atoms with Crippen LogP contribution in [-0.4, -0.2) is 20.5 Å². The lowest BCUT2D eigenvalue weighted by Gasteiger charge is -2.10. The molecule has 0 unspecified atom stereocenters. The van der Waals surface area contributed by atoms with Crippen LogP contribution in [0.15, 0.2) is 47.4 Å². The molecule has 0 fully saturated rings. The second kappa shape index (κ2) is 6.71. The summed E-state index contributed by atoms with van der Waals surface area (Å²) in [5.41, 5.74) is 0.287. The van der Waals surface area contributed by atoms with Crippen LogP contribution in [-0.2, 0) is 16.6 Å². The number of sulfonamides is 1. The Morgan fingerprint density at radius 2 is 1.87 bits per heavy atom. The second-order valence-corrected chi connectivity index (χ2v) is 6.28. The van der Waals surface area contributed by atoms with Gasteiger partial charge in [-0.1, -0.05) is 12.1 Å². The zero-order valence-electron chi connectivity index (χ0n) is 12.0. The number of hydrogen-bond donors (Lipinski definition) is 1. The van der Waals surface area contributed by atoms with E-state index in [-0.39, 0.29) is 22.9 Å². The van der Waals surface area contributed by atoms with Gasteiger partial charge in [-0.25, -0.2) is 17.5 Å². The van der Waals surface area contributed by atoms with E-state index < -0.39 is 20.8 Å². The Morgan fingerprint density at radius 3 is 2.43 bits per heavy atom. The highest BCUT2D eigenvalue weighted by molar-refractivity contribution is 7.89. The van der Waals surface area contributed by atoms with Crippen molar-refractivity contribution in [3.63, 3.8) is 0 Å². The van der Waals surface area contributed by atoms with Gasteiger partial charge in [0.1, 0.15) is 16.5 Å². The van der Waals surface area contributed by atoms with E-state index in [1.54, 1.807) is 0 Å². The van der Waals surface area contributed by atoms with Gasteiger partial charge >= 0.3 is 0 Å². The van der Waals surface area contributed by atoms with Crippen LogP contribution in [0.2, 0.25) is 0 Å². The number of rotatable bonds is 6. The van der Waals surface area contributed by atoms with E-state index in [0.717, 1.165) is 18.2 Å². The molecule has 0 saturated carbocycles. The lowest BCUT2D eigenvalue weighted by Crippen LogP contribution is -2.23. The van der Waals surface area contributed by atoms with Gasteiger partial charge in [0, 0.05) is 12.6 Å². The molecular formula is C14H13FN2O5S. The van der Waals surface area contributed by atoms with Gasteiger partial charge in [0.25, 0.3) is 5.69 Å². The fourth-order valence-electron chi connectivity index (χ4n) is 1.85. The summed E-state index contributed by atoms with van der Waals surface area (Å²) in [7, 11) is -2.72. The topological polar surface area (TPSA) is 98.5 Å². The van der Waals surface area contributed by atoms with Gasteiger partial charge in [-0.15, -0.1) is 0 Å². The van der Waals surface area contributed by atoms with Crippen molar-refractivity contribution >= 4 is 15.7 Å². The summed E-state index contributed by atoms with van der Waals surface area (Å²) in [6.07, 6.45) is 0. The van der Waals surface area contributed by atoms with Crippen LogP contribution >= 0.6 is 0 Å². The quantitative estimate of drug-likeness (QED) is 0.642. The molecule has 0 aliphatic heterocycles. The molecule has 0 aromatic heterocycles. The van der Waals surface area contributed by atoms with Crippen LogP contribution in [0.5, 0.6) is 5.75 Å². The summed E-state index contributed by atoms with van der Waals surface area (Å²) in [4.78, 5) is 9.86. The molecule has 0 aliphatic rings. The average Bonchev–Trinajstić information content (AvgIpc) is 2.53. The third kappa shape index (κ3) is 4.02. The summed E-state index contributed by atoms with van der Waals surface area (Å²) in [6, 6.07) is 8.55. The number of nitrogens with one attached hydrogen (secondary N) is 1. The van der Waals surface area contributed by atoms with Crippen LogP contribution in [0.25, 0.3) is 0 Å². The van der Waals surface area contributed by atoms with E-state index in [9.17, 15) is 22.9 Å². The molecule has 0 spiro atoms. The Hall–Kier alpha value is -2.52. The van der Waals surface area contributed by atoms with Crippen molar-refractivity contribution in [2.75, 3.05) is 7.11 Å². The van der Waals surface area contributed by atoms with Crippen LogP contribution in [0, 0.1) is 15.9 Å².